The molecule has 5 nitrogen and oxygen atoms in total. The SMILES string of the molecule is CC(C)(C)C(=O)CCCC(=O)NCCC(=O)N1Cc2ccccc2C#Cc2ccccc21. The van der Waals surface area contributed by atoms with Crippen molar-refractivity contribution in [2.75, 3.05) is 11.4 Å². The summed E-state index contributed by atoms with van der Waals surface area (Å²) in [6, 6.07) is 15.5. The molecule has 166 valence electrons. The molecule has 0 saturated heterocycles. The van der Waals surface area contributed by atoms with Crippen LogP contribution in [0.3, 0.4) is 0 Å². The number of anilines is 1. The van der Waals surface area contributed by atoms with Crippen molar-refractivity contribution < 1.29 is 14.4 Å². The van der Waals surface area contributed by atoms with Crippen molar-refractivity contribution in [3.05, 3.63) is 65.2 Å². The molecular formula is C27H30N2O3. The van der Waals surface area contributed by atoms with Gasteiger partial charge in [0.15, 0.2) is 0 Å². The van der Waals surface area contributed by atoms with E-state index in [4.69, 9.17) is 0 Å². The molecule has 2 aromatic rings. The second-order valence-corrected chi connectivity index (χ2v) is 9.03. The van der Waals surface area contributed by atoms with Gasteiger partial charge in [-0.2, -0.15) is 0 Å². The highest BCUT2D eigenvalue weighted by Crippen LogP contribution is 2.25. The number of fused-ring (bicyclic) bond motifs is 2. The van der Waals surface area contributed by atoms with Crippen molar-refractivity contribution in [3.63, 3.8) is 0 Å². The van der Waals surface area contributed by atoms with Gasteiger partial charge in [0.2, 0.25) is 11.8 Å². The number of carbonyl (C=O) groups is 3. The summed E-state index contributed by atoms with van der Waals surface area (Å²) in [5.41, 5.74) is 3.12. The number of carbonyl (C=O) groups excluding carboxylic acids is 3. The third kappa shape index (κ3) is 6.07. The molecule has 0 unspecified atom stereocenters. The smallest absolute Gasteiger partial charge is 0.229 e. The van der Waals surface area contributed by atoms with Crippen LogP contribution in [0.5, 0.6) is 0 Å². The van der Waals surface area contributed by atoms with Crippen LogP contribution >= 0.6 is 0 Å². The van der Waals surface area contributed by atoms with Crippen LogP contribution in [0.4, 0.5) is 5.69 Å². The number of para-hydroxylation sites is 1. The molecule has 0 saturated carbocycles. The van der Waals surface area contributed by atoms with Gasteiger partial charge >= 0.3 is 0 Å². The quantitative estimate of drug-likeness (QED) is 0.669. The van der Waals surface area contributed by atoms with E-state index in [1.807, 2.05) is 69.3 Å². The summed E-state index contributed by atoms with van der Waals surface area (Å²) in [5.74, 6) is 6.34. The molecule has 1 aliphatic heterocycles. The zero-order valence-corrected chi connectivity index (χ0v) is 19.0. The van der Waals surface area contributed by atoms with Crippen LogP contribution in [-0.2, 0) is 20.9 Å². The van der Waals surface area contributed by atoms with Gasteiger partial charge in [0, 0.05) is 42.3 Å². The maximum absolute atomic E-state index is 13.1. The zero-order chi connectivity index (χ0) is 23.1. The molecule has 0 aliphatic carbocycles. The van der Waals surface area contributed by atoms with Crippen molar-refractivity contribution in [1.29, 1.82) is 0 Å². The summed E-state index contributed by atoms with van der Waals surface area (Å²) in [6.07, 6.45) is 1.38. The lowest BCUT2D eigenvalue weighted by molar-refractivity contribution is -0.126. The van der Waals surface area contributed by atoms with Gasteiger partial charge in [-0.25, -0.2) is 0 Å². The lowest BCUT2D eigenvalue weighted by atomic mass is 9.88. The van der Waals surface area contributed by atoms with E-state index in [2.05, 4.69) is 17.2 Å². The Morgan fingerprint density at radius 2 is 1.56 bits per heavy atom. The van der Waals surface area contributed by atoms with E-state index in [0.29, 0.717) is 19.4 Å². The second-order valence-electron chi connectivity index (χ2n) is 9.03. The van der Waals surface area contributed by atoms with Crippen LogP contribution in [0.1, 0.15) is 63.1 Å². The minimum Gasteiger partial charge on any atom is -0.356 e. The number of ketones is 1. The monoisotopic (exact) mass is 430 g/mol. The van der Waals surface area contributed by atoms with Gasteiger partial charge in [-0.3, -0.25) is 14.4 Å². The van der Waals surface area contributed by atoms with Crippen molar-refractivity contribution in [1.82, 2.24) is 5.32 Å². The second kappa shape index (κ2) is 10.3. The fourth-order valence-corrected chi connectivity index (χ4v) is 3.52. The predicted molar refractivity (Wildman–Crippen MR) is 126 cm³/mol. The highest BCUT2D eigenvalue weighted by Gasteiger charge is 2.22. The summed E-state index contributed by atoms with van der Waals surface area (Å²) in [6.45, 7) is 6.34. The third-order valence-electron chi connectivity index (χ3n) is 5.48. The Bertz CT molecular complexity index is 1070. The molecule has 5 heteroatoms. The lowest BCUT2D eigenvalue weighted by Gasteiger charge is -2.26. The molecule has 0 radical (unpaired) electrons. The van der Waals surface area contributed by atoms with Crippen LogP contribution in [0, 0.1) is 17.3 Å². The standard InChI is InChI=1S/C27H30N2O3/c1-27(2,3)24(30)13-8-14-25(31)28-18-17-26(32)29-19-22-11-5-4-9-20(22)15-16-21-10-6-7-12-23(21)29/h4-7,9-12H,8,13-14,17-19H2,1-3H3,(H,28,31). The molecule has 0 spiro atoms. The predicted octanol–water partition coefficient (Wildman–Crippen LogP) is 4.22. The van der Waals surface area contributed by atoms with Gasteiger partial charge in [0.05, 0.1) is 12.2 Å². The molecule has 0 atom stereocenters. The first kappa shape index (κ1) is 23.3. The maximum atomic E-state index is 13.1. The largest absolute Gasteiger partial charge is 0.356 e. The van der Waals surface area contributed by atoms with Crippen molar-refractivity contribution in [2.45, 2.75) is 53.0 Å². The fourth-order valence-electron chi connectivity index (χ4n) is 3.52. The number of hydrogen-bond acceptors (Lipinski definition) is 3. The number of nitrogens with one attached hydrogen (secondary N) is 1. The maximum Gasteiger partial charge on any atom is 0.229 e. The average molecular weight is 431 g/mol. The van der Waals surface area contributed by atoms with Gasteiger partial charge in [-0.1, -0.05) is 62.9 Å². The minimum absolute atomic E-state index is 0.0702. The molecule has 0 bridgehead atoms. The number of hydrogen-bond donors (Lipinski definition) is 1. The summed E-state index contributed by atoms with van der Waals surface area (Å²) in [4.78, 5) is 39.0. The number of Topliss-reactive ketones (excluding diaryl/α,β-unsaturated/α-hetero) is 1. The molecule has 1 aliphatic rings. The van der Waals surface area contributed by atoms with Gasteiger partial charge in [-0.15, -0.1) is 0 Å². The summed E-state index contributed by atoms with van der Waals surface area (Å²) < 4.78 is 0. The van der Waals surface area contributed by atoms with E-state index in [1.54, 1.807) is 4.90 Å². The summed E-state index contributed by atoms with van der Waals surface area (Å²) >= 11 is 0. The average Bonchev–Trinajstić information content (AvgIpc) is 2.74. The molecule has 2 amide bonds. The highest BCUT2D eigenvalue weighted by atomic mass is 16.2. The zero-order valence-electron chi connectivity index (χ0n) is 19.0. The number of benzene rings is 2. The Kier molecular flexibility index (Phi) is 7.48. The molecule has 2 aromatic carbocycles. The molecule has 3 rings (SSSR count). The minimum atomic E-state index is -0.381. The Morgan fingerprint density at radius 1 is 0.906 bits per heavy atom. The van der Waals surface area contributed by atoms with Gasteiger partial charge < -0.3 is 10.2 Å². The van der Waals surface area contributed by atoms with Crippen LogP contribution < -0.4 is 10.2 Å². The Labute approximate surface area is 190 Å². The summed E-state index contributed by atoms with van der Waals surface area (Å²) in [5, 5.41) is 2.81. The van der Waals surface area contributed by atoms with E-state index in [-0.39, 0.29) is 42.4 Å². The first-order valence-corrected chi connectivity index (χ1v) is 11.0. The Morgan fingerprint density at radius 3 is 2.31 bits per heavy atom. The molecule has 0 aromatic heterocycles. The Hall–Kier alpha value is -3.39. The molecular weight excluding hydrogens is 400 g/mol. The topological polar surface area (TPSA) is 66.5 Å². The lowest BCUT2D eigenvalue weighted by Crippen LogP contribution is -2.35. The normalized spacial score (nSPS) is 12.4. The van der Waals surface area contributed by atoms with Gasteiger partial charge in [0.1, 0.15) is 5.78 Å². The van der Waals surface area contributed by atoms with Crippen LogP contribution in [-0.4, -0.2) is 24.1 Å². The molecule has 0 fully saturated rings. The van der Waals surface area contributed by atoms with Crippen LogP contribution in [0.25, 0.3) is 0 Å². The van der Waals surface area contributed by atoms with Crippen LogP contribution in [0.15, 0.2) is 48.5 Å². The fraction of sp³-hybridized carbons (Fsp3) is 0.370. The molecule has 1 N–H and O–H groups in total. The summed E-state index contributed by atoms with van der Waals surface area (Å²) in [7, 11) is 0. The third-order valence-corrected chi connectivity index (χ3v) is 5.48. The highest BCUT2D eigenvalue weighted by molar-refractivity contribution is 5.95. The van der Waals surface area contributed by atoms with E-state index in [1.165, 1.54) is 0 Å². The van der Waals surface area contributed by atoms with E-state index in [0.717, 1.165) is 22.4 Å². The van der Waals surface area contributed by atoms with Crippen molar-refractivity contribution >= 4 is 23.3 Å². The van der Waals surface area contributed by atoms with Gasteiger partial charge in [0.25, 0.3) is 0 Å². The van der Waals surface area contributed by atoms with Crippen LogP contribution in [0.2, 0.25) is 0 Å². The number of nitrogens with zero attached hydrogens (tertiary/aromatic N) is 1. The van der Waals surface area contributed by atoms with E-state index in [9.17, 15) is 14.4 Å². The van der Waals surface area contributed by atoms with E-state index >= 15 is 0 Å². The molecule has 1 heterocycles. The van der Waals surface area contributed by atoms with Gasteiger partial charge in [-0.05, 0) is 30.2 Å². The number of amides is 2. The molecule has 32 heavy (non-hydrogen) atoms. The van der Waals surface area contributed by atoms with E-state index < -0.39 is 0 Å². The first-order valence-electron chi connectivity index (χ1n) is 11.0. The first-order chi connectivity index (χ1) is 15.3. The Balaban J connectivity index is 1.59. The number of rotatable bonds is 7. The van der Waals surface area contributed by atoms with Crippen molar-refractivity contribution in [2.24, 2.45) is 5.41 Å². The van der Waals surface area contributed by atoms with Crippen molar-refractivity contribution in [3.8, 4) is 11.8 Å².